The van der Waals surface area contributed by atoms with Crippen LogP contribution in [0.25, 0.3) is 0 Å². The number of ether oxygens (including phenoxy) is 2. The van der Waals surface area contributed by atoms with Crippen molar-refractivity contribution in [2.24, 2.45) is 0 Å². The molecule has 0 atom stereocenters. The first-order chi connectivity index (χ1) is 13.7. The van der Waals surface area contributed by atoms with Crippen LogP contribution in [0, 0.1) is 0 Å². The van der Waals surface area contributed by atoms with E-state index in [4.69, 9.17) is 14.5 Å². The van der Waals surface area contributed by atoms with Gasteiger partial charge in [-0.1, -0.05) is 19.4 Å². The Bertz CT molecular complexity index is 792. The van der Waals surface area contributed by atoms with Gasteiger partial charge in [-0.25, -0.2) is 4.98 Å². The van der Waals surface area contributed by atoms with E-state index in [0.29, 0.717) is 6.79 Å². The summed E-state index contributed by atoms with van der Waals surface area (Å²) in [5.41, 5.74) is 1.26. The molecule has 4 rings (SSSR count). The van der Waals surface area contributed by atoms with Crippen molar-refractivity contribution >= 4 is 11.8 Å². The van der Waals surface area contributed by atoms with Crippen molar-refractivity contribution < 1.29 is 9.47 Å². The summed E-state index contributed by atoms with van der Waals surface area (Å²) >= 11 is 0. The lowest BCUT2D eigenvalue weighted by Crippen LogP contribution is -2.46. The molecule has 7 nitrogen and oxygen atoms in total. The van der Waals surface area contributed by atoms with Gasteiger partial charge < -0.3 is 19.3 Å². The van der Waals surface area contributed by atoms with Crippen molar-refractivity contribution in [2.45, 2.75) is 26.3 Å². The second-order valence-electron chi connectivity index (χ2n) is 7.44. The Hall–Kier alpha value is -2.54. The molecular formula is C21H29N5O2. The summed E-state index contributed by atoms with van der Waals surface area (Å²) in [6.45, 7) is 8.34. The van der Waals surface area contributed by atoms with Crippen molar-refractivity contribution in [3.05, 3.63) is 36.0 Å². The van der Waals surface area contributed by atoms with Crippen LogP contribution in [0.15, 0.2) is 30.5 Å². The summed E-state index contributed by atoms with van der Waals surface area (Å²) in [6.07, 6.45) is 4.24. The molecule has 0 N–H and O–H groups in total. The lowest BCUT2D eigenvalue weighted by atomic mass is 10.1. The van der Waals surface area contributed by atoms with Gasteiger partial charge in [-0.05, 0) is 30.2 Å². The Morgan fingerprint density at radius 2 is 1.89 bits per heavy atom. The molecule has 0 spiro atoms. The topological polar surface area (TPSA) is 54.0 Å². The maximum absolute atomic E-state index is 5.49. The highest BCUT2D eigenvalue weighted by Gasteiger charge is 2.21. The van der Waals surface area contributed by atoms with Crippen LogP contribution in [0.5, 0.6) is 11.5 Å². The fourth-order valence-electron chi connectivity index (χ4n) is 3.62. The molecule has 0 radical (unpaired) electrons. The summed E-state index contributed by atoms with van der Waals surface area (Å²) in [4.78, 5) is 16.3. The summed E-state index contributed by atoms with van der Waals surface area (Å²) in [5, 5.41) is 0. The number of unbranched alkanes of at least 4 members (excludes halogenated alkanes) is 1. The van der Waals surface area contributed by atoms with E-state index in [1.165, 1.54) is 18.4 Å². The second kappa shape index (κ2) is 8.65. The van der Waals surface area contributed by atoms with Crippen LogP contribution >= 0.6 is 0 Å². The number of hydrogen-bond donors (Lipinski definition) is 0. The SMILES string of the molecule is CCCCN(C)c1ccnc(N2CCN(Cc3ccc4c(c3)OCO4)CC2)n1. The number of nitrogens with zero attached hydrogens (tertiary/aromatic N) is 5. The monoisotopic (exact) mass is 383 g/mol. The lowest BCUT2D eigenvalue weighted by Gasteiger charge is -2.35. The predicted molar refractivity (Wildman–Crippen MR) is 110 cm³/mol. The average molecular weight is 383 g/mol. The number of piperazine rings is 1. The Labute approximate surface area is 166 Å². The molecule has 0 aliphatic carbocycles. The van der Waals surface area contributed by atoms with Gasteiger partial charge in [0.1, 0.15) is 5.82 Å². The van der Waals surface area contributed by atoms with Crippen molar-refractivity contribution in [2.75, 3.05) is 56.4 Å². The fourth-order valence-corrected chi connectivity index (χ4v) is 3.62. The predicted octanol–water partition coefficient (Wildman–Crippen LogP) is 2.76. The number of rotatable bonds is 7. The molecule has 2 aromatic rings. The van der Waals surface area contributed by atoms with E-state index in [9.17, 15) is 0 Å². The molecule has 1 saturated heterocycles. The minimum absolute atomic E-state index is 0.324. The molecule has 2 aliphatic heterocycles. The third-order valence-electron chi connectivity index (χ3n) is 5.36. The highest BCUT2D eigenvalue weighted by Crippen LogP contribution is 2.32. The highest BCUT2D eigenvalue weighted by molar-refractivity contribution is 5.45. The molecule has 0 amide bonds. The molecule has 150 valence electrons. The van der Waals surface area contributed by atoms with Crippen LogP contribution in [-0.2, 0) is 6.54 Å². The molecule has 1 aromatic heterocycles. The van der Waals surface area contributed by atoms with Gasteiger partial charge in [-0.2, -0.15) is 4.98 Å². The third-order valence-corrected chi connectivity index (χ3v) is 5.36. The fraction of sp³-hybridized carbons (Fsp3) is 0.524. The Morgan fingerprint density at radius 1 is 1.07 bits per heavy atom. The van der Waals surface area contributed by atoms with Crippen LogP contribution < -0.4 is 19.3 Å². The summed E-state index contributed by atoms with van der Waals surface area (Å²) in [7, 11) is 2.10. The zero-order valence-corrected chi connectivity index (χ0v) is 16.8. The average Bonchev–Trinajstić information content (AvgIpc) is 3.20. The number of hydrogen-bond acceptors (Lipinski definition) is 7. The van der Waals surface area contributed by atoms with E-state index in [1.54, 1.807) is 0 Å². The van der Waals surface area contributed by atoms with Gasteiger partial charge in [0.25, 0.3) is 0 Å². The minimum atomic E-state index is 0.324. The van der Waals surface area contributed by atoms with Crippen LogP contribution in [0.1, 0.15) is 25.3 Å². The highest BCUT2D eigenvalue weighted by atomic mass is 16.7. The van der Waals surface area contributed by atoms with Crippen molar-refractivity contribution in [3.63, 3.8) is 0 Å². The van der Waals surface area contributed by atoms with Crippen LogP contribution in [-0.4, -0.2) is 61.4 Å². The molecule has 3 heterocycles. The molecule has 0 saturated carbocycles. The molecule has 0 bridgehead atoms. The largest absolute Gasteiger partial charge is 0.454 e. The molecule has 0 unspecified atom stereocenters. The first-order valence-corrected chi connectivity index (χ1v) is 10.1. The van der Waals surface area contributed by atoms with Crippen molar-refractivity contribution in [1.82, 2.24) is 14.9 Å². The summed E-state index contributed by atoms with van der Waals surface area (Å²) in [6, 6.07) is 8.21. The maximum Gasteiger partial charge on any atom is 0.231 e. The number of fused-ring (bicyclic) bond motifs is 1. The summed E-state index contributed by atoms with van der Waals surface area (Å²) in [5.74, 6) is 3.54. The zero-order chi connectivity index (χ0) is 19.3. The first kappa shape index (κ1) is 18.8. The lowest BCUT2D eigenvalue weighted by molar-refractivity contribution is 0.174. The van der Waals surface area contributed by atoms with Gasteiger partial charge in [-0.3, -0.25) is 4.90 Å². The van der Waals surface area contributed by atoms with Crippen LogP contribution in [0.3, 0.4) is 0 Å². The smallest absolute Gasteiger partial charge is 0.231 e. The number of aromatic nitrogens is 2. The van der Waals surface area contributed by atoms with Gasteiger partial charge in [0.05, 0.1) is 0 Å². The van der Waals surface area contributed by atoms with Gasteiger partial charge in [0.2, 0.25) is 12.7 Å². The van der Waals surface area contributed by atoms with E-state index in [-0.39, 0.29) is 0 Å². The van der Waals surface area contributed by atoms with Gasteiger partial charge in [0, 0.05) is 52.5 Å². The van der Waals surface area contributed by atoms with Gasteiger partial charge in [-0.15, -0.1) is 0 Å². The van der Waals surface area contributed by atoms with Crippen molar-refractivity contribution in [3.8, 4) is 11.5 Å². The van der Waals surface area contributed by atoms with E-state index in [0.717, 1.165) is 62.5 Å². The molecule has 28 heavy (non-hydrogen) atoms. The molecule has 1 aromatic carbocycles. The zero-order valence-electron chi connectivity index (χ0n) is 16.8. The van der Waals surface area contributed by atoms with E-state index in [1.807, 2.05) is 18.3 Å². The molecule has 7 heteroatoms. The quantitative estimate of drug-likeness (QED) is 0.729. The van der Waals surface area contributed by atoms with Crippen LogP contribution in [0.2, 0.25) is 0 Å². The minimum Gasteiger partial charge on any atom is -0.454 e. The van der Waals surface area contributed by atoms with Gasteiger partial charge in [0.15, 0.2) is 11.5 Å². The third kappa shape index (κ3) is 4.30. The van der Waals surface area contributed by atoms with E-state index in [2.05, 4.69) is 45.8 Å². The number of anilines is 2. The van der Waals surface area contributed by atoms with E-state index < -0.39 is 0 Å². The summed E-state index contributed by atoms with van der Waals surface area (Å²) < 4.78 is 10.9. The molecule has 1 fully saturated rings. The van der Waals surface area contributed by atoms with E-state index >= 15 is 0 Å². The van der Waals surface area contributed by atoms with Gasteiger partial charge >= 0.3 is 0 Å². The maximum atomic E-state index is 5.49. The first-order valence-electron chi connectivity index (χ1n) is 10.1. The normalized spacial score (nSPS) is 16.4. The number of benzene rings is 1. The standard InChI is InChI=1S/C21H29N5O2/c1-3-4-9-24(2)20-7-8-22-21(23-20)26-12-10-25(11-13-26)15-17-5-6-18-19(14-17)28-16-27-18/h5-8,14H,3-4,9-13,15-16H2,1-2H3. The van der Waals surface area contributed by atoms with Crippen molar-refractivity contribution in [1.29, 1.82) is 0 Å². The molecule has 2 aliphatic rings. The Morgan fingerprint density at radius 3 is 2.71 bits per heavy atom. The molecular weight excluding hydrogens is 354 g/mol. The second-order valence-corrected chi connectivity index (χ2v) is 7.44. The Kier molecular flexibility index (Phi) is 5.81. The Balaban J connectivity index is 1.33. The van der Waals surface area contributed by atoms with Crippen LogP contribution in [0.4, 0.5) is 11.8 Å².